The van der Waals surface area contributed by atoms with Crippen molar-refractivity contribution in [3.8, 4) is 0 Å². The molecule has 2 aromatic rings. The Morgan fingerprint density at radius 2 is 1.86 bits per heavy atom. The summed E-state index contributed by atoms with van der Waals surface area (Å²) < 4.78 is 13.1. The van der Waals surface area contributed by atoms with Gasteiger partial charge in [0.1, 0.15) is 11.2 Å². The van der Waals surface area contributed by atoms with E-state index in [0.717, 1.165) is 24.3 Å². The number of carbonyl (C=O) groups is 1. The molecule has 0 aromatic heterocycles. The Bertz CT molecular complexity index is 629. The van der Waals surface area contributed by atoms with Crippen LogP contribution >= 0.6 is 11.8 Å². The maximum Gasteiger partial charge on any atom is 0.224 e. The highest BCUT2D eigenvalue weighted by Gasteiger charge is 2.30. The van der Waals surface area contributed by atoms with E-state index in [-0.39, 0.29) is 17.1 Å². The lowest BCUT2D eigenvalue weighted by molar-refractivity contribution is -0.131. The van der Waals surface area contributed by atoms with E-state index in [1.807, 2.05) is 35.2 Å². The number of halogens is 1. The first-order chi connectivity index (χ1) is 10.7. The van der Waals surface area contributed by atoms with Crippen molar-refractivity contribution >= 4 is 17.7 Å². The third-order valence-corrected chi connectivity index (χ3v) is 5.10. The largest absolute Gasteiger partial charge is 0.326 e. The summed E-state index contributed by atoms with van der Waals surface area (Å²) in [6.07, 6.45) is 1.28. The van der Waals surface area contributed by atoms with Crippen molar-refractivity contribution in [3.05, 3.63) is 71.5 Å². The average molecular weight is 315 g/mol. The van der Waals surface area contributed by atoms with Gasteiger partial charge in [-0.25, -0.2) is 4.39 Å². The van der Waals surface area contributed by atoms with Crippen LogP contribution in [0.15, 0.2) is 54.6 Å². The highest BCUT2D eigenvalue weighted by atomic mass is 32.2. The molecule has 0 spiro atoms. The summed E-state index contributed by atoms with van der Waals surface area (Å²) in [5, 5.41) is 0.0175. The number of amides is 1. The molecule has 114 valence electrons. The summed E-state index contributed by atoms with van der Waals surface area (Å²) in [5.41, 5.74) is 2.18. The van der Waals surface area contributed by atoms with Crippen molar-refractivity contribution in [3.63, 3.8) is 0 Å². The zero-order valence-electron chi connectivity index (χ0n) is 12.2. The van der Waals surface area contributed by atoms with Crippen LogP contribution in [0.5, 0.6) is 0 Å². The molecule has 0 bridgehead atoms. The maximum absolute atomic E-state index is 13.1. The molecule has 0 radical (unpaired) electrons. The molecule has 0 N–H and O–H groups in total. The maximum atomic E-state index is 13.1. The van der Waals surface area contributed by atoms with Gasteiger partial charge < -0.3 is 4.90 Å². The molecule has 4 heteroatoms. The summed E-state index contributed by atoms with van der Waals surface area (Å²) in [5.74, 6) is 0.857. The van der Waals surface area contributed by atoms with Crippen molar-refractivity contribution in [2.45, 2.75) is 18.2 Å². The fourth-order valence-electron chi connectivity index (χ4n) is 2.67. The molecule has 1 aliphatic rings. The zero-order valence-corrected chi connectivity index (χ0v) is 13.1. The lowest BCUT2D eigenvalue weighted by Crippen LogP contribution is -2.30. The predicted octanol–water partition coefficient (Wildman–Crippen LogP) is 4.03. The van der Waals surface area contributed by atoms with E-state index in [4.69, 9.17) is 0 Å². The van der Waals surface area contributed by atoms with Crippen molar-refractivity contribution in [1.82, 2.24) is 4.90 Å². The summed E-state index contributed by atoms with van der Waals surface area (Å²) in [6.45, 7) is 0.764. The van der Waals surface area contributed by atoms with Crippen molar-refractivity contribution in [2.24, 2.45) is 0 Å². The minimum atomic E-state index is -0.242. The van der Waals surface area contributed by atoms with Crippen LogP contribution in [-0.4, -0.2) is 23.1 Å². The van der Waals surface area contributed by atoms with E-state index < -0.39 is 0 Å². The van der Waals surface area contributed by atoms with Gasteiger partial charge in [0.2, 0.25) is 5.91 Å². The van der Waals surface area contributed by atoms with Gasteiger partial charge in [-0.1, -0.05) is 42.5 Å². The average Bonchev–Trinajstić information content (AvgIpc) is 3.04. The number of rotatable bonds is 4. The van der Waals surface area contributed by atoms with Crippen molar-refractivity contribution in [1.29, 1.82) is 0 Å². The van der Waals surface area contributed by atoms with E-state index in [0.29, 0.717) is 6.42 Å². The van der Waals surface area contributed by atoms with Gasteiger partial charge in [0, 0.05) is 18.7 Å². The second kappa shape index (κ2) is 6.97. The molecule has 0 saturated carbocycles. The molecular weight excluding hydrogens is 297 g/mol. The molecule has 0 unspecified atom stereocenters. The van der Waals surface area contributed by atoms with Gasteiger partial charge in [0.05, 0.1) is 0 Å². The standard InChI is InChI=1S/C18H18FNOS/c19-16-9-7-15(8-10-16)18-20(12-13-22-18)17(21)11-6-14-4-2-1-3-5-14/h1-5,7-10,18H,6,11-13H2/t18-/m1/s1. The molecule has 1 heterocycles. The van der Waals surface area contributed by atoms with E-state index >= 15 is 0 Å². The molecular formula is C18H18FNOS. The van der Waals surface area contributed by atoms with Gasteiger partial charge in [0.15, 0.2) is 0 Å². The summed E-state index contributed by atoms with van der Waals surface area (Å²) in [7, 11) is 0. The van der Waals surface area contributed by atoms with Gasteiger partial charge in [-0.2, -0.15) is 0 Å². The fraction of sp³-hybridized carbons (Fsp3) is 0.278. The molecule has 2 aromatic carbocycles. The number of carbonyl (C=O) groups excluding carboxylic acids is 1. The van der Waals surface area contributed by atoms with Crippen LogP contribution in [0.1, 0.15) is 22.9 Å². The van der Waals surface area contributed by atoms with Crippen LogP contribution in [0, 0.1) is 5.82 Å². The molecule has 22 heavy (non-hydrogen) atoms. The first kappa shape index (κ1) is 15.1. The Kier molecular flexibility index (Phi) is 4.78. The minimum Gasteiger partial charge on any atom is -0.326 e. The number of benzene rings is 2. The van der Waals surface area contributed by atoms with Crippen LogP contribution in [0.25, 0.3) is 0 Å². The van der Waals surface area contributed by atoms with Crippen LogP contribution in [-0.2, 0) is 11.2 Å². The molecule has 1 amide bonds. The van der Waals surface area contributed by atoms with Crippen molar-refractivity contribution < 1.29 is 9.18 Å². The van der Waals surface area contributed by atoms with Gasteiger partial charge in [-0.3, -0.25) is 4.79 Å². The lowest BCUT2D eigenvalue weighted by atomic mass is 10.1. The first-order valence-electron chi connectivity index (χ1n) is 7.44. The second-order valence-electron chi connectivity index (χ2n) is 5.35. The Hall–Kier alpha value is -1.81. The highest BCUT2D eigenvalue weighted by molar-refractivity contribution is 7.99. The number of hydrogen-bond acceptors (Lipinski definition) is 2. The SMILES string of the molecule is O=C(CCc1ccccc1)N1CCS[C@@H]1c1ccc(F)cc1. The van der Waals surface area contributed by atoms with Gasteiger partial charge in [-0.05, 0) is 29.7 Å². The van der Waals surface area contributed by atoms with Crippen LogP contribution < -0.4 is 0 Å². The molecule has 1 atom stereocenters. The normalized spacial score (nSPS) is 17.7. The Labute approximate surface area is 134 Å². The highest BCUT2D eigenvalue weighted by Crippen LogP contribution is 2.38. The van der Waals surface area contributed by atoms with E-state index in [9.17, 15) is 9.18 Å². The molecule has 1 saturated heterocycles. The first-order valence-corrected chi connectivity index (χ1v) is 8.49. The topological polar surface area (TPSA) is 20.3 Å². The van der Waals surface area contributed by atoms with Gasteiger partial charge in [-0.15, -0.1) is 11.8 Å². The number of aryl methyl sites for hydroxylation is 1. The van der Waals surface area contributed by atoms with Crippen LogP contribution in [0.4, 0.5) is 4.39 Å². The predicted molar refractivity (Wildman–Crippen MR) is 88.1 cm³/mol. The van der Waals surface area contributed by atoms with E-state index in [1.165, 1.54) is 17.7 Å². The Morgan fingerprint density at radius 3 is 2.59 bits per heavy atom. The summed E-state index contributed by atoms with van der Waals surface area (Å²) >= 11 is 1.74. The van der Waals surface area contributed by atoms with Crippen LogP contribution in [0.3, 0.4) is 0 Å². The van der Waals surface area contributed by atoms with Gasteiger partial charge >= 0.3 is 0 Å². The molecule has 2 nitrogen and oxygen atoms in total. The van der Waals surface area contributed by atoms with Crippen LogP contribution in [0.2, 0.25) is 0 Å². The minimum absolute atomic E-state index is 0.0175. The fourth-order valence-corrected chi connectivity index (χ4v) is 3.95. The monoisotopic (exact) mass is 315 g/mol. The number of hydrogen-bond donors (Lipinski definition) is 0. The molecule has 1 fully saturated rings. The van der Waals surface area contributed by atoms with Gasteiger partial charge in [0.25, 0.3) is 0 Å². The smallest absolute Gasteiger partial charge is 0.224 e. The Morgan fingerprint density at radius 1 is 1.14 bits per heavy atom. The molecule has 0 aliphatic carbocycles. The lowest BCUT2D eigenvalue weighted by Gasteiger charge is -2.24. The quantitative estimate of drug-likeness (QED) is 0.849. The second-order valence-corrected chi connectivity index (χ2v) is 6.54. The van der Waals surface area contributed by atoms with Crippen molar-refractivity contribution in [2.75, 3.05) is 12.3 Å². The molecule has 3 rings (SSSR count). The third kappa shape index (κ3) is 3.50. The number of nitrogens with zero attached hydrogens (tertiary/aromatic N) is 1. The van der Waals surface area contributed by atoms with E-state index in [2.05, 4.69) is 0 Å². The molecule has 1 aliphatic heterocycles. The third-order valence-electron chi connectivity index (χ3n) is 3.84. The summed E-state index contributed by atoms with van der Waals surface area (Å²) in [4.78, 5) is 14.4. The Balaban J connectivity index is 1.65. The summed E-state index contributed by atoms with van der Waals surface area (Å²) in [6, 6.07) is 16.5. The number of thioether (sulfide) groups is 1. The zero-order chi connectivity index (χ0) is 15.4. The van der Waals surface area contributed by atoms with E-state index in [1.54, 1.807) is 23.9 Å².